The number of hydrogen-bond acceptors (Lipinski definition) is 7. The molecule has 2 heterocycles. The summed E-state index contributed by atoms with van der Waals surface area (Å²) in [5.41, 5.74) is 1.92. The van der Waals surface area contributed by atoms with E-state index in [9.17, 15) is 4.79 Å². The van der Waals surface area contributed by atoms with E-state index < -0.39 is 0 Å². The number of hydrogen-bond donors (Lipinski definition) is 0. The molecule has 1 aromatic heterocycles. The quantitative estimate of drug-likeness (QED) is 0.452. The molecule has 4 rings (SSSR count). The number of carbonyl (C=O) groups is 1. The molecule has 8 nitrogen and oxygen atoms in total. The number of aromatic nitrogens is 2. The first-order chi connectivity index (χ1) is 16.6. The summed E-state index contributed by atoms with van der Waals surface area (Å²) < 4.78 is 16.0. The molecule has 0 saturated carbocycles. The third-order valence-electron chi connectivity index (χ3n) is 5.96. The summed E-state index contributed by atoms with van der Waals surface area (Å²) in [4.78, 5) is 21.4. The van der Waals surface area contributed by atoms with Crippen molar-refractivity contribution in [2.45, 2.75) is 25.8 Å². The van der Waals surface area contributed by atoms with Crippen LogP contribution in [0, 0.1) is 0 Å². The lowest BCUT2D eigenvalue weighted by molar-refractivity contribution is -0.133. The van der Waals surface area contributed by atoms with E-state index >= 15 is 0 Å². The minimum absolute atomic E-state index is 0.162. The Labute approximate surface area is 204 Å². The van der Waals surface area contributed by atoms with Crippen LogP contribution in [0.5, 0.6) is 11.5 Å². The standard InChI is InChI=1S/C25H29ClN4O4/c1-32-21-9-6-18(7-10-21)25-27-23(34-28-25)4-3-5-24(31)30-14-12-29(13-15-30)17-19-16-20(26)8-11-22(19)33-2/h6-11,16H,3-5,12-15,17H2,1-2H3. The Morgan fingerprint density at radius 2 is 1.82 bits per heavy atom. The number of piperazine rings is 1. The van der Waals surface area contributed by atoms with Crippen LogP contribution in [0.3, 0.4) is 0 Å². The molecule has 9 heteroatoms. The van der Waals surface area contributed by atoms with Crippen LogP contribution < -0.4 is 9.47 Å². The Morgan fingerprint density at radius 1 is 1.06 bits per heavy atom. The molecule has 1 saturated heterocycles. The fraction of sp³-hybridized carbons (Fsp3) is 0.400. The van der Waals surface area contributed by atoms with Crippen LogP contribution in [0.15, 0.2) is 47.0 Å². The molecule has 0 spiro atoms. The molecule has 0 aliphatic carbocycles. The Morgan fingerprint density at radius 3 is 2.53 bits per heavy atom. The van der Waals surface area contributed by atoms with Crippen molar-refractivity contribution < 1.29 is 18.8 Å². The maximum absolute atomic E-state index is 12.7. The minimum atomic E-state index is 0.162. The topological polar surface area (TPSA) is 80.9 Å². The number of aryl methyl sites for hydroxylation is 1. The number of nitrogens with zero attached hydrogens (tertiary/aromatic N) is 4. The average Bonchev–Trinajstić information content (AvgIpc) is 3.33. The van der Waals surface area contributed by atoms with Gasteiger partial charge in [-0.3, -0.25) is 9.69 Å². The van der Waals surface area contributed by atoms with E-state index in [1.807, 2.05) is 47.4 Å². The summed E-state index contributed by atoms with van der Waals surface area (Å²) in [5.74, 6) is 2.85. The van der Waals surface area contributed by atoms with E-state index in [1.165, 1.54) is 0 Å². The molecule has 2 aromatic carbocycles. The van der Waals surface area contributed by atoms with Gasteiger partial charge in [-0.1, -0.05) is 16.8 Å². The van der Waals surface area contributed by atoms with Crippen LogP contribution in [0.4, 0.5) is 0 Å². The lowest BCUT2D eigenvalue weighted by atomic mass is 10.1. The van der Waals surface area contributed by atoms with Gasteiger partial charge in [0.2, 0.25) is 17.6 Å². The summed E-state index contributed by atoms with van der Waals surface area (Å²) in [6.07, 6.45) is 1.70. The molecule has 180 valence electrons. The van der Waals surface area contributed by atoms with Gasteiger partial charge in [-0.25, -0.2) is 0 Å². The summed E-state index contributed by atoms with van der Waals surface area (Å²) in [6, 6.07) is 13.1. The zero-order valence-electron chi connectivity index (χ0n) is 19.5. The fourth-order valence-electron chi connectivity index (χ4n) is 4.03. The van der Waals surface area contributed by atoms with Crippen LogP contribution in [0.1, 0.15) is 24.3 Å². The van der Waals surface area contributed by atoms with Crippen molar-refractivity contribution in [3.8, 4) is 22.9 Å². The molecule has 0 atom stereocenters. The predicted molar refractivity (Wildman–Crippen MR) is 129 cm³/mol. The normalized spacial score (nSPS) is 14.3. The molecule has 1 aliphatic heterocycles. The van der Waals surface area contributed by atoms with Crippen molar-refractivity contribution in [1.82, 2.24) is 19.9 Å². The van der Waals surface area contributed by atoms with Gasteiger partial charge in [0.05, 0.1) is 14.2 Å². The first-order valence-corrected chi connectivity index (χ1v) is 11.7. The molecule has 0 bridgehead atoms. The molecule has 1 amide bonds. The van der Waals surface area contributed by atoms with Gasteiger partial charge >= 0.3 is 0 Å². The number of amides is 1. The van der Waals surface area contributed by atoms with Gasteiger partial charge in [0.25, 0.3) is 0 Å². The van der Waals surface area contributed by atoms with Gasteiger partial charge in [-0.05, 0) is 48.9 Å². The van der Waals surface area contributed by atoms with E-state index in [0.717, 1.165) is 42.3 Å². The van der Waals surface area contributed by atoms with Crippen molar-refractivity contribution in [1.29, 1.82) is 0 Å². The highest BCUT2D eigenvalue weighted by atomic mass is 35.5. The minimum Gasteiger partial charge on any atom is -0.497 e. The number of benzene rings is 2. The smallest absolute Gasteiger partial charge is 0.226 e. The molecule has 0 radical (unpaired) electrons. The van der Waals surface area contributed by atoms with Gasteiger partial charge in [-0.2, -0.15) is 4.98 Å². The average molecular weight is 485 g/mol. The van der Waals surface area contributed by atoms with E-state index in [2.05, 4.69) is 15.0 Å². The Kier molecular flexibility index (Phi) is 8.03. The molecule has 34 heavy (non-hydrogen) atoms. The molecular formula is C25H29ClN4O4. The Hall–Kier alpha value is -3.10. The van der Waals surface area contributed by atoms with E-state index in [-0.39, 0.29) is 5.91 Å². The van der Waals surface area contributed by atoms with Gasteiger partial charge in [0, 0.05) is 61.7 Å². The Balaban J connectivity index is 1.21. The zero-order valence-corrected chi connectivity index (χ0v) is 20.3. The maximum Gasteiger partial charge on any atom is 0.226 e. The number of rotatable bonds is 9. The highest BCUT2D eigenvalue weighted by Crippen LogP contribution is 2.25. The first kappa shape index (κ1) is 24.0. The fourth-order valence-corrected chi connectivity index (χ4v) is 4.22. The number of carbonyl (C=O) groups excluding carboxylic acids is 1. The van der Waals surface area contributed by atoms with Crippen LogP contribution in [0.25, 0.3) is 11.4 Å². The van der Waals surface area contributed by atoms with Crippen LogP contribution in [0.2, 0.25) is 5.02 Å². The lowest BCUT2D eigenvalue weighted by Crippen LogP contribution is -2.48. The predicted octanol–water partition coefficient (Wildman–Crippen LogP) is 4.07. The largest absolute Gasteiger partial charge is 0.497 e. The number of ether oxygens (including phenoxy) is 2. The van der Waals surface area contributed by atoms with Gasteiger partial charge < -0.3 is 18.9 Å². The molecule has 1 aliphatic rings. The van der Waals surface area contributed by atoms with Crippen molar-refractivity contribution in [3.63, 3.8) is 0 Å². The first-order valence-electron chi connectivity index (χ1n) is 11.4. The third kappa shape index (κ3) is 6.07. The van der Waals surface area contributed by atoms with Crippen LogP contribution in [-0.4, -0.2) is 66.2 Å². The second kappa shape index (κ2) is 11.4. The SMILES string of the molecule is COc1ccc(-c2noc(CCCC(=O)N3CCN(Cc4cc(Cl)ccc4OC)CC3)n2)cc1. The van der Waals surface area contributed by atoms with E-state index in [4.69, 9.17) is 25.6 Å². The summed E-state index contributed by atoms with van der Waals surface area (Å²) in [5, 5.41) is 4.74. The molecule has 0 N–H and O–H groups in total. The second-order valence-electron chi connectivity index (χ2n) is 8.21. The summed E-state index contributed by atoms with van der Waals surface area (Å²) in [7, 11) is 3.29. The number of halogens is 1. The molecule has 0 unspecified atom stereocenters. The van der Waals surface area contributed by atoms with Crippen molar-refractivity contribution in [2.24, 2.45) is 0 Å². The van der Waals surface area contributed by atoms with Crippen molar-refractivity contribution in [2.75, 3.05) is 40.4 Å². The van der Waals surface area contributed by atoms with E-state index in [0.29, 0.717) is 49.1 Å². The maximum atomic E-state index is 12.7. The van der Waals surface area contributed by atoms with Gasteiger partial charge in [-0.15, -0.1) is 0 Å². The molecule has 1 fully saturated rings. The van der Waals surface area contributed by atoms with Crippen LogP contribution in [-0.2, 0) is 17.8 Å². The van der Waals surface area contributed by atoms with E-state index in [1.54, 1.807) is 14.2 Å². The second-order valence-corrected chi connectivity index (χ2v) is 8.64. The molecule has 3 aromatic rings. The lowest BCUT2D eigenvalue weighted by Gasteiger charge is -2.35. The zero-order chi connectivity index (χ0) is 23.9. The van der Waals surface area contributed by atoms with Gasteiger partial charge in [0.1, 0.15) is 11.5 Å². The number of methoxy groups -OCH3 is 2. The van der Waals surface area contributed by atoms with Crippen molar-refractivity contribution >= 4 is 17.5 Å². The summed E-state index contributed by atoms with van der Waals surface area (Å²) >= 11 is 6.15. The highest BCUT2D eigenvalue weighted by molar-refractivity contribution is 6.30. The third-order valence-corrected chi connectivity index (χ3v) is 6.19. The highest BCUT2D eigenvalue weighted by Gasteiger charge is 2.22. The summed E-state index contributed by atoms with van der Waals surface area (Å²) in [6.45, 7) is 3.81. The Bertz CT molecular complexity index is 1090. The van der Waals surface area contributed by atoms with Gasteiger partial charge in [0.15, 0.2) is 0 Å². The monoisotopic (exact) mass is 484 g/mol. The molecular weight excluding hydrogens is 456 g/mol. The van der Waals surface area contributed by atoms with Crippen LogP contribution >= 0.6 is 11.6 Å². The van der Waals surface area contributed by atoms with Crippen molar-refractivity contribution in [3.05, 3.63) is 58.9 Å².